The molecule has 0 saturated carbocycles. The average molecular weight is 295 g/mol. The topological polar surface area (TPSA) is 103 Å². The van der Waals surface area contributed by atoms with Gasteiger partial charge >= 0.3 is 5.97 Å². The minimum Gasteiger partial charge on any atom is -0.480 e. The van der Waals surface area contributed by atoms with Gasteiger partial charge in [-0.05, 0) is 29.8 Å². The smallest absolute Gasteiger partial charge is 0.326 e. The van der Waals surface area contributed by atoms with Gasteiger partial charge in [0.25, 0.3) is 5.91 Å². The second-order valence-corrected chi connectivity index (χ2v) is 4.62. The number of aromatic nitrogens is 1. The van der Waals surface area contributed by atoms with Gasteiger partial charge in [0.05, 0.1) is 17.2 Å². The molecule has 0 unspecified atom stereocenters. The second kappa shape index (κ2) is 6.99. The summed E-state index contributed by atoms with van der Waals surface area (Å²) in [7, 11) is 0. The Morgan fingerprint density at radius 2 is 2.00 bits per heavy atom. The standard InChI is InChI=1S/C16H13N3O3/c17-9-12-5-3-11(4-6-12)8-14(16(21)22)19-15(20)13-2-1-7-18-10-13/h1-7,10,14H,8H2,(H,19,20)(H,21,22)/t14-/m0/s1. The highest BCUT2D eigenvalue weighted by atomic mass is 16.4. The van der Waals surface area contributed by atoms with Crippen LogP contribution in [0.4, 0.5) is 0 Å². The summed E-state index contributed by atoms with van der Waals surface area (Å²) in [6.07, 6.45) is 3.03. The third-order valence-electron chi connectivity index (χ3n) is 3.05. The number of nitrogens with zero attached hydrogens (tertiary/aromatic N) is 2. The number of carbonyl (C=O) groups is 2. The van der Waals surface area contributed by atoms with Crippen molar-refractivity contribution in [2.45, 2.75) is 12.5 Å². The summed E-state index contributed by atoms with van der Waals surface area (Å²) < 4.78 is 0. The van der Waals surface area contributed by atoms with E-state index in [1.807, 2.05) is 6.07 Å². The SMILES string of the molecule is N#Cc1ccc(C[C@H](NC(=O)c2cccnc2)C(=O)O)cc1. The van der Waals surface area contributed by atoms with Gasteiger partial charge in [-0.25, -0.2) is 4.79 Å². The van der Waals surface area contributed by atoms with E-state index in [0.29, 0.717) is 11.1 Å². The first-order valence-corrected chi connectivity index (χ1v) is 6.53. The number of amides is 1. The molecule has 0 aliphatic rings. The molecule has 0 fully saturated rings. The first kappa shape index (κ1) is 15.2. The molecule has 6 nitrogen and oxygen atoms in total. The van der Waals surface area contributed by atoms with E-state index in [4.69, 9.17) is 5.26 Å². The zero-order chi connectivity index (χ0) is 15.9. The van der Waals surface area contributed by atoms with Gasteiger partial charge in [-0.3, -0.25) is 9.78 Å². The van der Waals surface area contributed by atoms with Crippen LogP contribution in [-0.4, -0.2) is 28.0 Å². The van der Waals surface area contributed by atoms with Gasteiger partial charge in [-0.2, -0.15) is 5.26 Å². The molecule has 0 radical (unpaired) electrons. The number of carboxylic acid groups (broad SMARTS) is 1. The number of benzene rings is 1. The summed E-state index contributed by atoms with van der Waals surface area (Å²) in [5, 5.41) is 20.5. The molecule has 0 aliphatic carbocycles. The van der Waals surface area contributed by atoms with Crippen molar-refractivity contribution >= 4 is 11.9 Å². The summed E-state index contributed by atoms with van der Waals surface area (Å²) in [5.41, 5.74) is 1.52. The number of pyridine rings is 1. The largest absolute Gasteiger partial charge is 0.480 e. The molecule has 6 heteroatoms. The van der Waals surface area contributed by atoms with Crippen molar-refractivity contribution in [1.29, 1.82) is 5.26 Å². The molecule has 2 N–H and O–H groups in total. The summed E-state index contributed by atoms with van der Waals surface area (Å²) in [6, 6.07) is 10.7. The maximum atomic E-state index is 12.0. The van der Waals surface area contributed by atoms with Crippen LogP contribution in [0, 0.1) is 11.3 Å². The maximum absolute atomic E-state index is 12.0. The number of nitrogens with one attached hydrogen (secondary N) is 1. The molecule has 110 valence electrons. The molecular weight excluding hydrogens is 282 g/mol. The van der Waals surface area contributed by atoms with Crippen LogP contribution in [0.15, 0.2) is 48.8 Å². The highest BCUT2D eigenvalue weighted by Gasteiger charge is 2.21. The van der Waals surface area contributed by atoms with E-state index in [1.54, 1.807) is 36.4 Å². The number of carboxylic acids is 1. The van der Waals surface area contributed by atoms with Crippen molar-refractivity contribution in [2.75, 3.05) is 0 Å². The van der Waals surface area contributed by atoms with Gasteiger partial charge in [0, 0.05) is 18.8 Å². The van der Waals surface area contributed by atoms with Gasteiger partial charge in [0.2, 0.25) is 0 Å². The summed E-state index contributed by atoms with van der Waals surface area (Å²) in [4.78, 5) is 27.1. The van der Waals surface area contributed by atoms with Crippen LogP contribution in [0.3, 0.4) is 0 Å². The Balaban J connectivity index is 2.08. The molecule has 0 spiro atoms. The van der Waals surface area contributed by atoms with Crippen molar-refractivity contribution in [1.82, 2.24) is 10.3 Å². The fourth-order valence-electron chi connectivity index (χ4n) is 1.89. The highest BCUT2D eigenvalue weighted by molar-refractivity contribution is 5.96. The maximum Gasteiger partial charge on any atom is 0.326 e. The Labute approximate surface area is 127 Å². The number of rotatable bonds is 5. The van der Waals surface area contributed by atoms with Gasteiger partial charge in [0.15, 0.2) is 0 Å². The number of nitriles is 1. The van der Waals surface area contributed by atoms with Crippen LogP contribution in [0.5, 0.6) is 0 Å². The first-order valence-electron chi connectivity index (χ1n) is 6.53. The molecule has 1 atom stereocenters. The molecule has 2 aromatic rings. The lowest BCUT2D eigenvalue weighted by molar-refractivity contribution is -0.139. The van der Waals surface area contributed by atoms with Gasteiger partial charge in [-0.15, -0.1) is 0 Å². The Morgan fingerprint density at radius 3 is 2.55 bits per heavy atom. The van der Waals surface area contributed by atoms with E-state index in [9.17, 15) is 14.7 Å². The quantitative estimate of drug-likeness (QED) is 0.867. The molecule has 0 aliphatic heterocycles. The van der Waals surface area contributed by atoms with E-state index in [2.05, 4.69) is 10.3 Å². The van der Waals surface area contributed by atoms with E-state index in [1.165, 1.54) is 12.4 Å². The fourth-order valence-corrected chi connectivity index (χ4v) is 1.89. The molecule has 2 rings (SSSR count). The Morgan fingerprint density at radius 1 is 1.27 bits per heavy atom. The third-order valence-corrected chi connectivity index (χ3v) is 3.05. The summed E-state index contributed by atoms with van der Waals surface area (Å²) in [6.45, 7) is 0. The van der Waals surface area contributed by atoms with Crippen LogP contribution in [0.25, 0.3) is 0 Å². The first-order chi connectivity index (χ1) is 10.6. The second-order valence-electron chi connectivity index (χ2n) is 4.62. The Bertz CT molecular complexity index is 706. The van der Waals surface area contributed by atoms with Crippen LogP contribution in [0.1, 0.15) is 21.5 Å². The predicted molar refractivity (Wildman–Crippen MR) is 78.0 cm³/mol. The van der Waals surface area contributed by atoms with Gasteiger partial charge < -0.3 is 10.4 Å². The molecule has 1 heterocycles. The monoisotopic (exact) mass is 295 g/mol. The molecule has 0 saturated heterocycles. The molecule has 22 heavy (non-hydrogen) atoms. The van der Waals surface area contributed by atoms with E-state index in [0.717, 1.165) is 5.56 Å². The number of hydrogen-bond donors (Lipinski definition) is 2. The highest BCUT2D eigenvalue weighted by Crippen LogP contribution is 2.07. The lowest BCUT2D eigenvalue weighted by Crippen LogP contribution is -2.42. The number of carbonyl (C=O) groups excluding carboxylic acids is 1. The van der Waals surface area contributed by atoms with Crippen LogP contribution < -0.4 is 5.32 Å². The van der Waals surface area contributed by atoms with Gasteiger partial charge in [0.1, 0.15) is 6.04 Å². The molecule has 1 amide bonds. The molecule has 0 bridgehead atoms. The Kier molecular flexibility index (Phi) is 4.83. The minimum absolute atomic E-state index is 0.132. The average Bonchev–Trinajstić information content (AvgIpc) is 2.55. The Hall–Kier alpha value is -3.20. The molecular formula is C16H13N3O3. The predicted octanol–water partition coefficient (Wildman–Crippen LogP) is 1.38. The van der Waals surface area contributed by atoms with Crippen molar-refractivity contribution in [3.05, 3.63) is 65.5 Å². The van der Waals surface area contributed by atoms with E-state index in [-0.39, 0.29) is 6.42 Å². The lowest BCUT2D eigenvalue weighted by Gasteiger charge is -2.14. The zero-order valence-corrected chi connectivity index (χ0v) is 11.6. The lowest BCUT2D eigenvalue weighted by atomic mass is 10.0. The van der Waals surface area contributed by atoms with Crippen LogP contribution >= 0.6 is 0 Å². The normalized spacial score (nSPS) is 11.2. The number of aliphatic carboxylic acids is 1. The third kappa shape index (κ3) is 3.90. The molecule has 1 aromatic carbocycles. The van der Waals surface area contributed by atoms with Crippen molar-refractivity contribution in [3.8, 4) is 6.07 Å². The van der Waals surface area contributed by atoms with Crippen LogP contribution in [-0.2, 0) is 11.2 Å². The van der Waals surface area contributed by atoms with Gasteiger partial charge in [-0.1, -0.05) is 12.1 Å². The van der Waals surface area contributed by atoms with E-state index < -0.39 is 17.9 Å². The van der Waals surface area contributed by atoms with Crippen molar-refractivity contribution in [3.63, 3.8) is 0 Å². The van der Waals surface area contributed by atoms with E-state index >= 15 is 0 Å². The van der Waals surface area contributed by atoms with Crippen molar-refractivity contribution < 1.29 is 14.7 Å². The minimum atomic E-state index is -1.12. The van der Waals surface area contributed by atoms with Crippen LogP contribution in [0.2, 0.25) is 0 Å². The molecule has 1 aromatic heterocycles. The summed E-state index contributed by atoms with van der Waals surface area (Å²) in [5.74, 6) is -1.62. The fraction of sp³-hybridized carbons (Fsp3) is 0.125. The van der Waals surface area contributed by atoms with Crippen molar-refractivity contribution in [2.24, 2.45) is 0 Å². The zero-order valence-electron chi connectivity index (χ0n) is 11.6. The number of hydrogen-bond acceptors (Lipinski definition) is 4. The summed E-state index contributed by atoms with van der Waals surface area (Å²) >= 11 is 0.